The van der Waals surface area contributed by atoms with Crippen LogP contribution in [0, 0.1) is 0 Å². The molecule has 0 unspecified atom stereocenters. The molecule has 0 radical (unpaired) electrons. The maximum Gasteiger partial charge on any atom is 0.205 e. The van der Waals surface area contributed by atoms with E-state index in [0.29, 0.717) is 6.04 Å². The van der Waals surface area contributed by atoms with Crippen molar-refractivity contribution in [1.82, 2.24) is 15.1 Å². The van der Waals surface area contributed by atoms with E-state index in [2.05, 4.69) is 48.1 Å². The first-order chi connectivity index (χ1) is 8.99. The minimum atomic E-state index is 0.0993. The lowest BCUT2D eigenvalue weighted by Gasteiger charge is -2.31. The van der Waals surface area contributed by atoms with Crippen LogP contribution in [-0.4, -0.2) is 40.8 Å². The van der Waals surface area contributed by atoms with Crippen molar-refractivity contribution in [3.8, 4) is 0 Å². The number of nitrogens with zero attached hydrogens (tertiary/aromatic N) is 3. The molecule has 1 N–H and O–H groups in total. The van der Waals surface area contributed by atoms with Gasteiger partial charge < -0.3 is 10.2 Å². The second-order valence-electron chi connectivity index (χ2n) is 6.42. The predicted molar refractivity (Wildman–Crippen MR) is 82.0 cm³/mol. The maximum atomic E-state index is 4.29. The monoisotopic (exact) mass is 282 g/mol. The van der Waals surface area contributed by atoms with Crippen molar-refractivity contribution >= 4 is 16.5 Å². The van der Waals surface area contributed by atoms with Gasteiger partial charge in [-0.2, -0.15) is 0 Å². The van der Waals surface area contributed by atoms with Crippen LogP contribution in [-0.2, 0) is 5.41 Å². The van der Waals surface area contributed by atoms with Crippen LogP contribution in [0.2, 0.25) is 0 Å². The third kappa shape index (κ3) is 4.14. The molecule has 1 aliphatic rings. The standard InChI is InChI=1S/C14H26N4S/c1-5-8-18-9-6-11(7-10-18)15-13-17-16-12(19-13)14(2,3)4/h11H,5-10H2,1-4H3,(H,15,17). The maximum absolute atomic E-state index is 4.29. The van der Waals surface area contributed by atoms with E-state index in [4.69, 9.17) is 0 Å². The first kappa shape index (κ1) is 14.7. The fraction of sp³-hybridized carbons (Fsp3) is 0.857. The van der Waals surface area contributed by atoms with Crippen molar-refractivity contribution in [2.24, 2.45) is 0 Å². The van der Waals surface area contributed by atoms with Gasteiger partial charge in [-0.25, -0.2) is 0 Å². The van der Waals surface area contributed by atoms with Gasteiger partial charge in [0.15, 0.2) is 0 Å². The molecular formula is C14H26N4S. The van der Waals surface area contributed by atoms with Crippen LogP contribution in [0.25, 0.3) is 0 Å². The average molecular weight is 282 g/mol. The van der Waals surface area contributed by atoms with Crippen LogP contribution in [0.15, 0.2) is 0 Å². The second kappa shape index (κ2) is 6.18. The molecule has 108 valence electrons. The Balaban J connectivity index is 1.84. The summed E-state index contributed by atoms with van der Waals surface area (Å²) in [6.45, 7) is 12.4. The molecule has 19 heavy (non-hydrogen) atoms. The van der Waals surface area contributed by atoms with E-state index >= 15 is 0 Å². The zero-order valence-electron chi connectivity index (χ0n) is 12.6. The van der Waals surface area contributed by atoms with E-state index in [1.54, 1.807) is 11.3 Å². The molecule has 0 aliphatic carbocycles. The fourth-order valence-electron chi connectivity index (χ4n) is 2.38. The van der Waals surface area contributed by atoms with E-state index in [9.17, 15) is 0 Å². The van der Waals surface area contributed by atoms with E-state index in [1.807, 2.05) is 0 Å². The van der Waals surface area contributed by atoms with Gasteiger partial charge in [0.05, 0.1) is 0 Å². The van der Waals surface area contributed by atoms with Gasteiger partial charge in [-0.1, -0.05) is 39.0 Å². The van der Waals surface area contributed by atoms with Gasteiger partial charge in [0.2, 0.25) is 5.13 Å². The molecule has 0 aromatic carbocycles. The van der Waals surface area contributed by atoms with Gasteiger partial charge in [0.25, 0.3) is 0 Å². The van der Waals surface area contributed by atoms with Crippen LogP contribution < -0.4 is 5.32 Å². The van der Waals surface area contributed by atoms with Gasteiger partial charge in [0.1, 0.15) is 5.01 Å². The number of nitrogens with one attached hydrogen (secondary N) is 1. The lowest BCUT2D eigenvalue weighted by molar-refractivity contribution is 0.219. The highest BCUT2D eigenvalue weighted by atomic mass is 32.1. The number of hydrogen-bond acceptors (Lipinski definition) is 5. The zero-order chi connectivity index (χ0) is 13.9. The molecular weight excluding hydrogens is 256 g/mol. The third-order valence-corrected chi connectivity index (χ3v) is 4.80. The van der Waals surface area contributed by atoms with Gasteiger partial charge in [0, 0.05) is 24.5 Å². The Morgan fingerprint density at radius 2 is 1.95 bits per heavy atom. The highest BCUT2D eigenvalue weighted by Crippen LogP contribution is 2.28. The van der Waals surface area contributed by atoms with Crippen molar-refractivity contribution in [1.29, 1.82) is 0 Å². The number of rotatable bonds is 4. The summed E-state index contributed by atoms with van der Waals surface area (Å²) in [5.41, 5.74) is 0.0993. The van der Waals surface area contributed by atoms with Crippen LogP contribution >= 0.6 is 11.3 Å². The molecule has 2 rings (SSSR count). The minimum absolute atomic E-state index is 0.0993. The SMILES string of the molecule is CCCN1CCC(Nc2nnc(C(C)(C)C)s2)CC1. The third-order valence-electron chi connectivity index (χ3n) is 3.52. The lowest BCUT2D eigenvalue weighted by Crippen LogP contribution is -2.39. The molecule has 1 aromatic heterocycles. The number of piperidine rings is 1. The largest absolute Gasteiger partial charge is 0.357 e. The number of hydrogen-bond donors (Lipinski definition) is 1. The summed E-state index contributed by atoms with van der Waals surface area (Å²) in [6.07, 6.45) is 3.68. The first-order valence-corrected chi connectivity index (χ1v) is 8.13. The summed E-state index contributed by atoms with van der Waals surface area (Å²) in [5, 5.41) is 14.2. The molecule has 0 bridgehead atoms. The molecule has 1 fully saturated rings. The van der Waals surface area contributed by atoms with Crippen molar-refractivity contribution in [3.63, 3.8) is 0 Å². The first-order valence-electron chi connectivity index (χ1n) is 7.32. The van der Waals surface area contributed by atoms with Gasteiger partial charge in [-0.05, 0) is 25.8 Å². The van der Waals surface area contributed by atoms with E-state index < -0.39 is 0 Å². The van der Waals surface area contributed by atoms with Crippen LogP contribution in [0.5, 0.6) is 0 Å². The Kier molecular flexibility index (Phi) is 4.79. The van der Waals surface area contributed by atoms with Crippen LogP contribution in [0.4, 0.5) is 5.13 Å². The summed E-state index contributed by atoms with van der Waals surface area (Å²) >= 11 is 1.70. The Labute approximate surface area is 120 Å². The second-order valence-corrected chi connectivity index (χ2v) is 7.40. The van der Waals surface area contributed by atoms with Crippen molar-refractivity contribution in [2.75, 3.05) is 25.0 Å². The molecule has 2 heterocycles. The minimum Gasteiger partial charge on any atom is -0.357 e. The molecule has 4 nitrogen and oxygen atoms in total. The van der Waals surface area contributed by atoms with Gasteiger partial charge in [-0.3, -0.25) is 0 Å². The summed E-state index contributed by atoms with van der Waals surface area (Å²) < 4.78 is 0. The van der Waals surface area contributed by atoms with Crippen molar-refractivity contribution in [2.45, 2.75) is 58.4 Å². The Morgan fingerprint density at radius 3 is 2.47 bits per heavy atom. The van der Waals surface area contributed by atoms with E-state index in [1.165, 1.54) is 38.9 Å². The Bertz CT molecular complexity index is 388. The number of aromatic nitrogens is 2. The zero-order valence-corrected chi connectivity index (χ0v) is 13.4. The smallest absolute Gasteiger partial charge is 0.205 e. The van der Waals surface area contributed by atoms with Crippen molar-refractivity contribution < 1.29 is 0 Å². The lowest BCUT2D eigenvalue weighted by atomic mass is 9.98. The normalized spacial score (nSPS) is 18.7. The molecule has 1 saturated heterocycles. The summed E-state index contributed by atoms with van der Waals surface area (Å²) in [4.78, 5) is 2.55. The molecule has 0 atom stereocenters. The number of anilines is 1. The topological polar surface area (TPSA) is 41.0 Å². The highest BCUT2D eigenvalue weighted by Gasteiger charge is 2.22. The summed E-state index contributed by atoms with van der Waals surface area (Å²) in [6, 6.07) is 0.564. The molecule has 1 aromatic rings. The molecule has 0 amide bonds. The molecule has 0 saturated carbocycles. The highest BCUT2D eigenvalue weighted by molar-refractivity contribution is 7.15. The fourth-order valence-corrected chi connectivity index (χ4v) is 3.25. The summed E-state index contributed by atoms with van der Waals surface area (Å²) in [5.74, 6) is 0. The summed E-state index contributed by atoms with van der Waals surface area (Å²) in [7, 11) is 0. The number of likely N-dealkylation sites (tertiary alicyclic amines) is 1. The average Bonchev–Trinajstić information content (AvgIpc) is 2.80. The molecule has 0 spiro atoms. The quantitative estimate of drug-likeness (QED) is 0.921. The van der Waals surface area contributed by atoms with Gasteiger partial charge in [-0.15, -0.1) is 10.2 Å². The Hall–Kier alpha value is -0.680. The van der Waals surface area contributed by atoms with Gasteiger partial charge >= 0.3 is 0 Å². The Morgan fingerprint density at radius 1 is 1.26 bits per heavy atom. The van der Waals surface area contributed by atoms with Crippen molar-refractivity contribution in [3.05, 3.63) is 5.01 Å². The van der Waals surface area contributed by atoms with E-state index in [-0.39, 0.29) is 5.41 Å². The van der Waals surface area contributed by atoms with E-state index in [0.717, 1.165) is 10.1 Å². The molecule has 1 aliphatic heterocycles. The van der Waals surface area contributed by atoms with Crippen LogP contribution in [0.1, 0.15) is 52.0 Å². The van der Waals surface area contributed by atoms with Crippen LogP contribution in [0.3, 0.4) is 0 Å². The molecule has 5 heteroatoms. The predicted octanol–water partition coefficient (Wildman–Crippen LogP) is 3.12.